The fourth-order valence-electron chi connectivity index (χ4n) is 2.27. The molecule has 19 heavy (non-hydrogen) atoms. The van der Waals surface area contributed by atoms with Gasteiger partial charge >= 0.3 is 11.3 Å². The van der Waals surface area contributed by atoms with E-state index in [0.29, 0.717) is 23.3 Å². The maximum atomic E-state index is 12.1. The quantitative estimate of drug-likeness (QED) is 0.874. The van der Waals surface area contributed by atoms with Gasteiger partial charge in [0.1, 0.15) is 5.39 Å². The molecule has 0 bridgehead atoms. The van der Waals surface area contributed by atoms with E-state index in [4.69, 9.17) is 4.42 Å². The summed E-state index contributed by atoms with van der Waals surface area (Å²) in [5.74, 6) is 0.703. The van der Waals surface area contributed by atoms with Crippen LogP contribution in [0.25, 0.3) is 11.1 Å². The number of hydrogen-bond donors (Lipinski definition) is 1. The number of hydrogen-bond acceptors (Lipinski definition) is 4. The normalized spacial score (nSPS) is 15.0. The van der Waals surface area contributed by atoms with Crippen molar-refractivity contribution in [3.63, 3.8) is 0 Å². The van der Waals surface area contributed by atoms with Gasteiger partial charge in [-0.2, -0.15) is 0 Å². The highest BCUT2D eigenvalue weighted by Gasteiger charge is 2.22. The van der Waals surface area contributed by atoms with Crippen molar-refractivity contribution in [2.45, 2.75) is 25.7 Å². The smallest absolute Gasteiger partial charge is 0.337 e. The van der Waals surface area contributed by atoms with Gasteiger partial charge in [0.25, 0.3) is 5.56 Å². The molecule has 0 saturated heterocycles. The van der Waals surface area contributed by atoms with Crippen molar-refractivity contribution in [1.82, 2.24) is 9.55 Å². The van der Waals surface area contributed by atoms with Crippen LogP contribution in [0, 0.1) is 5.92 Å². The van der Waals surface area contributed by atoms with Crippen LogP contribution in [0.5, 0.6) is 0 Å². The van der Waals surface area contributed by atoms with Gasteiger partial charge in [-0.15, -0.1) is 0 Å². The number of fused-ring (bicyclic) bond motifs is 1. The van der Waals surface area contributed by atoms with Crippen LogP contribution in [0.4, 0.5) is 0 Å². The molecule has 2 aromatic heterocycles. The average Bonchev–Trinajstić information content (AvgIpc) is 3.16. The minimum absolute atomic E-state index is 0.0219. The summed E-state index contributed by atoms with van der Waals surface area (Å²) in [4.78, 5) is 37.5. The molecule has 0 unspecified atom stereocenters. The SMILES string of the molecule is Cn1c(=O)[nH]c2oc(=O)cc(CCC3CC3)c2c1=O. The lowest BCUT2D eigenvalue weighted by atomic mass is 10.1. The molecule has 2 heterocycles. The fourth-order valence-corrected chi connectivity index (χ4v) is 2.27. The highest BCUT2D eigenvalue weighted by atomic mass is 16.4. The number of nitrogens with zero attached hydrogens (tertiary/aromatic N) is 1. The molecule has 0 spiro atoms. The minimum atomic E-state index is -0.583. The Kier molecular flexibility index (Phi) is 2.66. The van der Waals surface area contributed by atoms with Crippen molar-refractivity contribution in [3.05, 3.63) is 42.9 Å². The predicted octanol–water partition coefficient (Wildman–Crippen LogP) is 0.523. The Balaban J connectivity index is 2.23. The van der Waals surface area contributed by atoms with E-state index >= 15 is 0 Å². The second-order valence-electron chi connectivity index (χ2n) is 5.07. The monoisotopic (exact) mass is 262 g/mol. The molecule has 0 radical (unpaired) electrons. The second kappa shape index (κ2) is 4.22. The summed E-state index contributed by atoms with van der Waals surface area (Å²) in [5, 5.41) is 0.308. The maximum Gasteiger partial charge on any atom is 0.337 e. The summed E-state index contributed by atoms with van der Waals surface area (Å²) < 4.78 is 5.91. The van der Waals surface area contributed by atoms with Crippen LogP contribution in [0.1, 0.15) is 24.8 Å². The average molecular weight is 262 g/mol. The number of aromatic nitrogens is 2. The van der Waals surface area contributed by atoms with Gasteiger partial charge in [-0.1, -0.05) is 12.8 Å². The largest absolute Gasteiger partial charge is 0.405 e. The van der Waals surface area contributed by atoms with Gasteiger partial charge in [-0.05, 0) is 24.3 Å². The molecule has 6 nitrogen and oxygen atoms in total. The molecule has 1 aliphatic carbocycles. The molecule has 3 rings (SSSR count). The van der Waals surface area contributed by atoms with Crippen molar-refractivity contribution < 1.29 is 4.42 Å². The number of aromatic amines is 1. The van der Waals surface area contributed by atoms with Crippen molar-refractivity contribution in [2.24, 2.45) is 13.0 Å². The Labute approximate surface area is 107 Å². The molecule has 1 fully saturated rings. The molecule has 2 aromatic rings. The molecule has 100 valence electrons. The number of aryl methyl sites for hydroxylation is 1. The second-order valence-corrected chi connectivity index (χ2v) is 5.07. The first kappa shape index (κ1) is 12.0. The first-order valence-electron chi connectivity index (χ1n) is 6.32. The van der Waals surface area contributed by atoms with Gasteiger partial charge < -0.3 is 4.42 Å². The van der Waals surface area contributed by atoms with Crippen molar-refractivity contribution in [3.8, 4) is 0 Å². The van der Waals surface area contributed by atoms with Crippen LogP contribution in [0.2, 0.25) is 0 Å². The lowest BCUT2D eigenvalue weighted by Gasteiger charge is -2.05. The zero-order valence-electron chi connectivity index (χ0n) is 10.6. The summed E-state index contributed by atoms with van der Waals surface area (Å²) in [6.07, 6.45) is 4.05. The third kappa shape index (κ3) is 2.14. The molecule has 0 amide bonds. The van der Waals surface area contributed by atoms with Crippen LogP contribution in [-0.2, 0) is 13.5 Å². The van der Waals surface area contributed by atoms with E-state index in [2.05, 4.69) is 4.98 Å². The lowest BCUT2D eigenvalue weighted by molar-refractivity contribution is 0.539. The number of nitrogens with one attached hydrogen (secondary N) is 1. The molecule has 1 N–H and O–H groups in total. The molecule has 0 aliphatic heterocycles. The van der Waals surface area contributed by atoms with Crippen molar-refractivity contribution >= 4 is 11.1 Å². The Bertz CT molecular complexity index is 808. The topological polar surface area (TPSA) is 85.1 Å². The van der Waals surface area contributed by atoms with E-state index in [1.54, 1.807) is 0 Å². The van der Waals surface area contributed by atoms with Gasteiger partial charge in [0.05, 0.1) is 0 Å². The summed E-state index contributed by atoms with van der Waals surface area (Å²) in [6, 6.07) is 1.35. The number of H-pyrrole nitrogens is 1. The summed E-state index contributed by atoms with van der Waals surface area (Å²) in [5.41, 5.74) is -0.906. The van der Waals surface area contributed by atoms with Crippen LogP contribution < -0.4 is 16.9 Å². The zero-order chi connectivity index (χ0) is 13.6. The molecular formula is C13H14N2O4. The summed E-state index contributed by atoms with van der Waals surface area (Å²) >= 11 is 0. The van der Waals surface area contributed by atoms with Gasteiger partial charge in [0, 0.05) is 13.1 Å². The van der Waals surface area contributed by atoms with E-state index in [0.717, 1.165) is 11.0 Å². The van der Waals surface area contributed by atoms with Gasteiger partial charge in [0.2, 0.25) is 5.71 Å². The lowest BCUT2D eigenvalue weighted by Crippen LogP contribution is -2.33. The van der Waals surface area contributed by atoms with E-state index in [-0.39, 0.29) is 5.71 Å². The molecule has 1 aliphatic rings. The van der Waals surface area contributed by atoms with Crippen molar-refractivity contribution in [1.29, 1.82) is 0 Å². The predicted molar refractivity (Wildman–Crippen MR) is 69.4 cm³/mol. The third-order valence-corrected chi connectivity index (χ3v) is 3.61. The Morgan fingerprint density at radius 3 is 2.79 bits per heavy atom. The fraction of sp³-hybridized carbons (Fsp3) is 0.462. The van der Waals surface area contributed by atoms with E-state index < -0.39 is 16.9 Å². The minimum Gasteiger partial charge on any atom is -0.405 e. The zero-order valence-corrected chi connectivity index (χ0v) is 10.6. The first-order valence-corrected chi connectivity index (χ1v) is 6.32. The Hall–Kier alpha value is -2.11. The molecule has 1 saturated carbocycles. The highest BCUT2D eigenvalue weighted by molar-refractivity contribution is 5.75. The van der Waals surface area contributed by atoms with Crippen LogP contribution in [0.15, 0.2) is 24.9 Å². The number of rotatable bonds is 3. The Morgan fingerprint density at radius 2 is 2.11 bits per heavy atom. The summed E-state index contributed by atoms with van der Waals surface area (Å²) in [6.45, 7) is 0. The van der Waals surface area contributed by atoms with E-state index in [1.807, 2.05) is 0 Å². The van der Waals surface area contributed by atoms with Gasteiger partial charge in [0.15, 0.2) is 0 Å². The molecule has 0 atom stereocenters. The van der Waals surface area contributed by atoms with Crippen LogP contribution >= 0.6 is 0 Å². The van der Waals surface area contributed by atoms with E-state index in [1.165, 1.54) is 26.0 Å². The van der Waals surface area contributed by atoms with Crippen molar-refractivity contribution in [2.75, 3.05) is 0 Å². The summed E-state index contributed by atoms with van der Waals surface area (Å²) in [7, 11) is 1.40. The third-order valence-electron chi connectivity index (χ3n) is 3.61. The van der Waals surface area contributed by atoms with E-state index in [9.17, 15) is 14.4 Å². The van der Waals surface area contributed by atoms with Gasteiger partial charge in [-0.3, -0.25) is 14.3 Å². The van der Waals surface area contributed by atoms with Crippen LogP contribution in [-0.4, -0.2) is 9.55 Å². The highest BCUT2D eigenvalue weighted by Crippen LogP contribution is 2.33. The van der Waals surface area contributed by atoms with Crippen LogP contribution in [0.3, 0.4) is 0 Å². The Morgan fingerprint density at radius 1 is 1.37 bits per heavy atom. The maximum absolute atomic E-state index is 12.1. The molecule has 0 aromatic carbocycles. The first-order chi connectivity index (χ1) is 9.06. The molecular weight excluding hydrogens is 248 g/mol. The molecule has 6 heteroatoms. The standard InChI is InChI=1S/C13H14N2O4/c1-15-12(17)10-8(5-4-7-2-3-7)6-9(16)19-11(10)14-13(15)18/h6-7H,2-5H2,1H3,(H,14,18). The van der Waals surface area contributed by atoms with Gasteiger partial charge in [-0.25, -0.2) is 9.59 Å².